The van der Waals surface area contributed by atoms with Gasteiger partial charge in [0.05, 0.1) is 0 Å². The van der Waals surface area contributed by atoms with Gasteiger partial charge in [-0.25, -0.2) is 0 Å². The van der Waals surface area contributed by atoms with Gasteiger partial charge >= 0.3 is 70.4 Å². The maximum Gasteiger partial charge on any atom is -1.00 e. The van der Waals surface area contributed by atoms with E-state index < -0.39 is 0 Å². The largest absolute Gasteiger partial charge is 1.00 e. The molecule has 0 atom stereocenters. The molecule has 0 saturated carbocycles. The second-order valence-electron chi connectivity index (χ2n) is 1.89. The molecule has 0 radical (unpaired) electrons. The molecule has 1 aromatic carbocycles. The minimum absolute atomic E-state index is 0. The Morgan fingerprint density at radius 2 is 1.91 bits per heavy atom. The molecular formula is C6H4BrMgNO2. The van der Waals surface area contributed by atoms with Gasteiger partial charge in [0, 0.05) is 0 Å². The van der Waals surface area contributed by atoms with Crippen LogP contribution in [0.5, 0.6) is 0 Å². The Labute approximate surface area is 87.1 Å². The average Bonchev–Trinajstić information content (AvgIpc) is 1.88. The van der Waals surface area contributed by atoms with Crippen molar-refractivity contribution in [2.24, 2.45) is 0 Å². The van der Waals surface area contributed by atoms with E-state index in [0.29, 0.717) is 0 Å². The fourth-order valence-corrected chi connectivity index (χ4v) is 1.07. The third-order valence-corrected chi connectivity index (χ3v) is 1.79. The van der Waals surface area contributed by atoms with Crippen molar-refractivity contribution in [3.05, 3.63) is 34.4 Å². The van der Waals surface area contributed by atoms with Crippen molar-refractivity contribution in [1.82, 2.24) is 0 Å². The van der Waals surface area contributed by atoms with Crippen LogP contribution in [0.2, 0.25) is 0 Å². The van der Waals surface area contributed by atoms with E-state index in [1.54, 1.807) is 18.2 Å². The van der Waals surface area contributed by atoms with E-state index in [0.717, 1.165) is 3.69 Å². The zero-order chi connectivity index (χ0) is 7.56. The Morgan fingerprint density at radius 1 is 1.36 bits per heavy atom. The van der Waals surface area contributed by atoms with Crippen LogP contribution < -0.4 is 20.7 Å². The molecule has 0 heterocycles. The van der Waals surface area contributed by atoms with E-state index in [4.69, 9.17) is 0 Å². The van der Waals surface area contributed by atoms with E-state index in [9.17, 15) is 10.1 Å². The molecule has 11 heavy (non-hydrogen) atoms. The van der Waals surface area contributed by atoms with Gasteiger partial charge in [-0.05, 0) is 0 Å². The third-order valence-electron chi connectivity index (χ3n) is 1.19. The summed E-state index contributed by atoms with van der Waals surface area (Å²) in [5.41, 5.74) is 0.195. The summed E-state index contributed by atoms with van der Waals surface area (Å²) in [6.45, 7) is 0. The zero-order valence-corrected chi connectivity index (χ0v) is 8.66. The van der Waals surface area contributed by atoms with Gasteiger partial charge < -0.3 is 17.0 Å². The van der Waals surface area contributed by atoms with Crippen LogP contribution >= 0.6 is 0 Å². The Bertz CT molecular complexity index is 267. The van der Waals surface area contributed by atoms with Gasteiger partial charge in [-0.15, -0.1) is 0 Å². The molecule has 54 valence electrons. The van der Waals surface area contributed by atoms with Crippen molar-refractivity contribution in [3.63, 3.8) is 0 Å². The Kier molecular flexibility index (Phi) is 4.63. The second-order valence-corrected chi connectivity index (χ2v) is 2.65. The standard InChI is InChI=1S/C6H4NO2.BrH.Mg/c8-7(9)6-4-2-1-3-5-6;;/h1-4H;1H;/q;;+1/p-1. The molecule has 0 aromatic heterocycles. The quantitative estimate of drug-likeness (QED) is 0.299. The van der Waals surface area contributed by atoms with Crippen molar-refractivity contribution in [2.75, 3.05) is 0 Å². The summed E-state index contributed by atoms with van der Waals surface area (Å²) < 4.78 is 0.729. The van der Waals surface area contributed by atoms with Gasteiger partial charge in [-0.1, -0.05) is 0 Å². The molecule has 1 aromatic rings. The fraction of sp³-hybridized carbons (Fsp3) is 0. The number of benzene rings is 1. The van der Waals surface area contributed by atoms with Crippen molar-refractivity contribution < 1.29 is 21.9 Å². The molecule has 0 bridgehead atoms. The van der Waals surface area contributed by atoms with Crippen molar-refractivity contribution >= 4 is 31.1 Å². The van der Waals surface area contributed by atoms with Crippen LogP contribution in [0.4, 0.5) is 5.69 Å². The summed E-state index contributed by atoms with van der Waals surface area (Å²) in [6, 6.07) is 6.68. The monoisotopic (exact) mass is 225 g/mol. The van der Waals surface area contributed by atoms with Crippen LogP contribution in [0.3, 0.4) is 0 Å². The van der Waals surface area contributed by atoms with Gasteiger partial charge in [0.15, 0.2) is 0 Å². The van der Waals surface area contributed by atoms with Crippen LogP contribution in [0.15, 0.2) is 24.3 Å². The number of hydrogen-bond acceptors (Lipinski definition) is 2. The van der Waals surface area contributed by atoms with Gasteiger partial charge in [-0.3, -0.25) is 0 Å². The molecule has 0 N–H and O–H groups in total. The van der Waals surface area contributed by atoms with Gasteiger partial charge in [0.1, 0.15) is 0 Å². The van der Waals surface area contributed by atoms with Crippen molar-refractivity contribution in [3.8, 4) is 0 Å². The molecule has 0 aliphatic carbocycles. The minimum Gasteiger partial charge on any atom is -1.00 e. The molecule has 3 nitrogen and oxygen atoms in total. The summed E-state index contributed by atoms with van der Waals surface area (Å²) in [4.78, 5) is 9.86. The van der Waals surface area contributed by atoms with Crippen LogP contribution in [0.25, 0.3) is 0 Å². The fourth-order valence-electron chi connectivity index (χ4n) is 0.689. The topological polar surface area (TPSA) is 43.1 Å². The number of nitrogens with zero attached hydrogens (tertiary/aromatic N) is 1. The number of hydrogen-bond donors (Lipinski definition) is 0. The first-order valence-electron chi connectivity index (χ1n) is 2.77. The first-order valence-corrected chi connectivity index (χ1v) is 3.48. The molecule has 0 aliphatic rings. The Morgan fingerprint density at radius 3 is 2.27 bits per heavy atom. The number of nitro benzene ring substituents is 1. The Balaban J connectivity index is 0.000001000. The van der Waals surface area contributed by atoms with Gasteiger partial charge in [0.25, 0.3) is 0 Å². The SMILES string of the molecule is O=[N+]([O-])c1cccc[c]1[Mg+].[Br-]. The predicted octanol–water partition coefficient (Wildman–Crippen LogP) is -2.61. The van der Waals surface area contributed by atoms with E-state index in [2.05, 4.69) is 0 Å². The van der Waals surface area contributed by atoms with Crippen LogP contribution in [0.1, 0.15) is 0 Å². The number of para-hydroxylation sites is 1. The smallest absolute Gasteiger partial charge is 1.00 e. The van der Waals surface area contributed by atoms with Gasteiger partial charge in [0.2, 0.25) is 0 Å². The van der Waals surface area contributed by atoms with E-state index in [1.807, 2.05) is 0 Å². The Hall–Kier alpha value is -0.134. The van der Waals surface area contributed by atoms with Crippen LogP contribution in [-0.2, 0) is 0 Å². The average molecular weight is 226 g/mol. The molecule has 0 saturated heterocycles. The molecule has 0 aliphatic heterocycles. The number of nitro groups is 1. The predicted molar refractivity (Wildman–Crippen MR) is 38.5 cm³/mol. The van der Waals surface area contributed by atoms with Crippen LogP contribution in [0, 0.1) is 10.1 Å². The maximum atomic E-state index is 10.2. The maximum absolute atomic E-state index is 10.2. The summed E-state index contributed by atoms with van der Waals surface area (Å²) in [5, 5.41) is 10.2. The first-order chi connectivity index (χ1) is 4.72. The normalized spacial score (nSPS) is 8.55. The van der Waals surface area contributed by atoms with Gasteiger partial charge in [-0.2, -0.15) is 0 Å². The van der Waals surface area contributed by atoms with E-state index in [-0.39, 0.29) is 27.6 Å². The van der Waals surface area contributed by atoms with Crippen LogP contribution in [-0.4, -0.2) is 26.6 Å². The van der Waals surface area contributed by atoms with E-state index >= 15 is 0 Å². The summed E-state index contributed by atoms with van der Waals surface area (Å²) >= 11 is 1.52. The number of rotatable bonds is 1. The first kappa shape index (κ1) is 10.9. The molecule has 0 spiro atoms. The third kappa shape index (κ3) is 2.76. The van der Waals surface area contributed by atoms with E-state index in [1.165, 1.54) is 27.8 Å². The molecule has 0 unspecified atom stereocenters. The summed E-state index contributed by atoms with van der Waals surface area (Å²) in [6.07, 6.45) is 0. The summed E-state index contributed by atoms with van der Waals surface area (Å²) in [5.74, 6) is 0. The molecule has 1 rings (SSSR count). The molecule has 5 heteroatoms. The molecule has 0 amide bonds. The van der Waals surface area contributed by atoms with Crippen molar-refractivity contribution in [1.29, 1.82) is 0 Å². The molecule has 0 fully saturated rings. The minimum atomic E-state index is -0.373. The molecular weight excluding hydrogens is 222 g/mol. The zero-order valence-electron chi connectivity index (χ0n) is 5.66. The second kappa shape index (κ2) is 4.69. The summed E-state index contributed by atoms with van der Waals surface area (Å²) in [7, 11) is 0. The number of halogens is 1. The van der Waals surface area contributed by atoms with Crippen molar-refractivity contribution in [2.45, 2.75) is 0 Å².